The van der Waals surface area contributed by atoms with Gasteiger partial charge in [0.1, 0.15) is 21.5 Å². The van der Waals surface area contributed by atoms with Gasteiger partial charge in [-0.05, 0) is 20.8 Å². The first-order valence-corrected chi connectivity index (χ1v) is 8.98. The Balaban J connectivity index is 2.71. The van der Waals surface area contributed by atoms with Gasteiger partial charge in [0.05, 0.1) is 0 Å². The number of hydrogen-bond acceptors (Lipinski definition) is 7. The lowest BCUT2D eigenvalue weighted by molar-refractivity contribution is -0.135. The molecule has 0 aliphatic carbocycles. The highest BCUT2D eigenvalue weighted by molar-refractivity contribution is 14.2. The van der Waals surface area contributed by atoms with Gasteiger partial charge in [-0.25, -0.2) is 14.8 Å². The van der Waals surface area contributed by atoms with Crippen molar-refractivity contribution in [2.75, 3.05) is 17.6 Å². The number of nitrogens with one attached hydrogen (secondary N) is 1. The van der Waals surface area contributed by atoms with E-state index in [9.17, 15) is 14.7 Å². The molecule has 1 amide bonds. The Morgan fingerprint density at radius 2 is 2.17 bits per heavy atom. The summed E-state index contributed by atoms with van der Waals surface area (Å²) in [7, 11) is 0. The third kappa shape index (κ3) is 7.03. The van der Waals surface area contributed by atoms with E-state index in [1.807, 2.05) is 0 Å². The highest BCUT2D eigenvalue weighted by Crippen LogP contribution is 2.23. The molecule has 0 radical (unpaired) electrons. The summed E-state index contributed by atoms with van der Waals surface area (Å²) in [5, 5.41) is 12.1. The van der Waals surface area contributed by atoms with Gasteiger partial charge in [-0.3, -0.25) is 4.79 Å². The van der Waals surface area contributed by atoms with E-state index in [0.29, 0.717) is 0 Å². The van der Waals surface area contributed by atoms with Crippen LogP contribution in [0.5, 0.6) is 0 Å². The maximum Gasteiger partial charge on any atom is 0.438 e. The number of amides is 1. The molecule has 1 heterocycles. The molecule has 1 aromatic heterocycles. The van der Waals surface area contributed by atoms with Gasteiger partial charge in [0.25, 0.3) is 0 Å². The molecule has 0 aliphatic rings. The van der Waals surface area contributed by atoms with Gasteiger partial charge in [0.15, 0.2) is 11.0 Å². The van der Waals surface area contributed by atoms with Crippen LogP contribution in [0.15, 0.2) is 9.47 Å². The first-order valence-electron chi connectivity index (χ1n) is 6.39. The molecule has 11 heteroatoms. The van der Waals surface area contributed by atoms with Crippen molar-refractivity contribution in [3.8, 4) is 0 Å². The lowest BCUT2D eigenvalue weighted by atomic mass is 10.2. The Morgan fingerprint density at radius 3 is 2.74 bits per heavy atom. The van der Waals surface area contributed by atoms with Crippen molar-refractivity contribution in [3.05, 3.63) is 11.5 Å². The maximum absolute atomic E-state index is 11.5. The average Bonchev–Trinajstić information content (AvgIpc) is 2.40. The molecule has 1 atom stereocenters. The van der Waals surface area contributed by atoms with Crippen LogP contribution in [0.2, 0.25) is 5.15 Å². The molecule has 0 aliphatic heterocycles. The normalized spacial score (nSPS) is 13.2. The Kier molecular flexibility index (Phi) is 7.06. The number of hydrogen-bond donors (Lipinski definition) is 3. The van der Waals surface area contributed by atoms with Crippen LogP contribution >= 0.6 is 32.6 Å². The molecule has 23 heavy (non-hydrogen) atoms. The summed E-state index contributed by atoms with van der Waals surface area (Å²) in [6.07, 6.45) is 0.442. The van der Waals surface area contributed by atoms with Crippen LogP contribution in [0.25, 0.3) is 0 Å². The topological polar surface area (TPSA) is 140 Å². The molecule has 4 N–H and O–H groups in total. The van der Waals surface area contributed by atoms with Crippen molar-refractivity contribution in [1.82, 2.24) is 9.97 Å². The molecule has 128 valence electrons. The fourth-order valence-corrected chi connectivity index (χ4v) is 2.69. The van der Waals surface area contributed by atoms with Crippen LogP contribution in [-0.2, 0) is 9.53 Å². The second-order valence-corrected chi connectivity index (χ2v) is 8.18. The van der Waals surface area contributed by atoms with E-state index in [1.165, 1.54) is 6.33 Å². The number of aromatic nitrogens is 2. The number of nitrogens with two attached hydrogens (primary N) is 1. The Bertz CT molecular complexity index is 620. The van der Waals surface area contributed by atoms with Gasteiger partial charge < -0.3 is 20.9 Å². The highest BCUT2D eigenvalue weighted by Gasteiger charge is 2.20. The summed E-state index contributed by atoms with van der Waals surface area (Å²) in [6, 6.07) is 0. The lowest BCUT2D eigenvalue weighted by Gasteiger charge is -2.17. The number of nitrogens with zero attached hydrogens (tertiary/aromatic N) is 3. The Hall–Kier alpha value is -1.56. The molecular formula is C12H17ClIN5O4. The van der Waals surface area contributed by atoms with Crippen LogP contribution in [0.1, 0.15) is 20.8 Å². The Labute approximate surface area is 148 Å². The van der Waals surface area contributed by atoms with Gasteiger partial charge >= 0.3 is 12.1 Å². The maximum atomic E-state index is 11.5. The number of carbonyl (C=O) groups is 2. The summed E-state index contributed by atoms with van der Waals surface area (Å²) in [6.45, 7) is 5.12. The molecule has 0 fully saturated rings. The van der Waals surface area contributed by atoms with E-state index in [4.69, 9.17) is 22.1 Å². The molecule has 1 rings (SSSR count). The summed E-state index contributed by atoms with van der Waals surface area (Å²) < 4.78 is 7.88. The number of aliphatic carboxylic acids is 1. The van der Waals surface area contributed by atoms with Crippen LogP contribution in [-0.4, -0.2) is 43.2 Å². The molecule has 1 unspecified atom stereocenters. The SMILES string of the molecule is CC(C)(C)OC(=O)N=IC(CNc1ncnc(Cl)c1N)C(=O)O. The van der Waals surface area contributed by atoms with Crippen molar-refractivity contribution >= 4 is 56.2 Å². The van der Waals surface area contributed by atoms with E-state index in [0.717, 1.165) is 0 Å². The standard InChI is InChI=1S/C12H17ClIN5O4/c1-12(2,3)23-11(22)19-14-6(10(20)21)4-16-9-7(15)8(13)17-5-18-9/h5-6H,4,15H2,1-3H3,(H,20,21)(H,16,17,18). The highest BCUT2D eigenvalue weighted by atomic mass is 127. The lowest BCUT2D eigenvalue weighted by Crippen LogP contribution is -2.25. The molecule has 9 nitrogen and oxygen atoms in total. The minimum absolute atomic E-state index is 0.00640. The molecule has 0 bridgehead atoms. The minimum Gasteiger partial charge on any atom is -0.480 e. The van der Waals surface area contributed by atoms with E-state index in [1.54, 1.807) is 20.8 Å². The predicted octanol–water partition coefficient (Wildman–Crippen LogP) is 2.67. The van der Waals surface area contributed by atoms with Gasteiger partial charge in [-0.1, -0.05) is 11.6 Å². The monoisotopic (exact) mass is 457 g/mol. The summed E-state index contributed by atoms with van der Waals surface area (Å²) >= 11 is 4.43. The number of rotatable bonds is 5. The predicted molar refractivity (Wildman–Crippen MR) is 94.0 cm³/mol. The number of alkyl halides is 1. The molecule has 0 aromatic carbocycles. The zero-order valence-electron chi connectivity index (χ0n) is 12.7. The number of anilines is 2. The van der Waals surface area contributed by atoms with E-state index in [2.05, 4.69) is 18.4 Å². The number of carboxylic acid groups (broad SMARTS) is 1. The summed E-state index contributed by atoms with van der Waals surface area (Å²) in [5.74, 6) is -0.839. The second-order valence-electron chi connectivity index (χ2n) is 5.28. The smallest absolute Gasteiger partial charge is 0.438 e. The number of ether oxygens (including phenoxy) is 1. The number of carboxylic acids is 1. The van der Waals surface area contributed by atoms with E-state index in [-0.39, 0.29) is 23.2 Å². The largest absolute Gasteiger partial charge is 0.480 e. The van der Waals surface area contributed by atoms with Crippen LogP contribution in [0, 0.1) is 0 Å². The minimum atomic E-state index is -1.32. The van der Waals surface area contributed by atoms with Gasteiger partial charge in [0, 0.05) is 27.6 Å². The van der Waals surface area contributed by atoms with Crippen LogP contribution in [0.3, 0.4) is 0 Å². The van der Waals surface area contributed by atoms with E-state index >= 15 is 0 Å². The first kappa shape index (κ1) is 19.5. The number of carbonyl (C=O) groups excluding carboxylic acids is 1. The van der Waals surface area contributed by atoms with Crippen LogP contribution < -0.4 is 11.1 Å². The van der Waals surface area contributed by atoms with Crippen molar-refractivity contribution in [1.29, 1.82) is 0 Å². The van der Waals surface area contributed by atoms with Crippen molar-refractivity contribution < 1.29 is 19.4 Å². The third-order valence-electron chi connectivity index (χ3n) is 2.18. The van der Waals surface area contributed by atoms with Gasteiger partial charge in [-0.2, -0.15) is 3.15 Å². The molecular weight excluding hydrogens is 441 g/mol. The van der Waals surface area contributed by atoms with Crippen molar-refractivity contribution in [3.63, 3.8) is 0 Å². The number of halogens is 2. The first-order chi connectivity index (χ1) is 10.6. The van der Waals surface area contributed by atoms with E-state index < -0.39 is 42.6 Å². The molecule has 0 saturated carbocycles. The van der Waals surface area contributed by atoms with Crippen molar-refractivity contribution in [2.24, 2.45) is 3.15 Å². The van der Waals surface area contributed by atoms with Crippen molar-refractivity contribution in [2.45, 2.75) is 30.3 Å². The summed E-state index contributed by atoms with van der Waals surface area (Å²) in [4.78, 5) is 30.4. The molecule has 0 spiro atoms. The fraction of sp³-hybridized carbons (Fsp3) is 0.500. The fourth-order valence-electron chi connectivity index (χ4n) is 1.24. The average molecular weight is 458 g/mol. The van der Waals surface area contributed by atoms with Gasteiger partial charge in [0.2, 0.25) is 0 Å². The summed E-state index contributed by atoms with van der Waals surface area (Å²) in [5.41, 5.74) is 5.13. The second kappa shape index (κ2) is 8.34. The zero-order chi connectivity index (χ0) is 17.6. The third-order valence-corrected chi connectivity index (χ3v) is 4.80. The Morgan fingerprint density at radius 1 is 1.52 bits per heavy atom. The number of nitrogen functional groups attached to an aromatic ring is 1. The molecule has 0 saturated heterocycles. The quantitative estimate of drug-likeness (QED) is 0.348. The zero-order valence-corrected chi connectivity index (χ0v) is 15.6. The van der Waals surface area contributed by atoms with Gasteiger partial charge in [-0.15, -0.1) is 0 Å². The van der Waals surface area contributed by atoms with Crippen LogP contribution in [0.4, 0.5) is 16.3 Å². The molecule has 1 aromatic rings.